The van der Waals surface area contributed by atoms with E-state index in [-0.39, 0.29) is 5.82 Å². The van der Waals surface area contributed by atoms with Gasteiger partial charge in [0.05, 0.1) is 10.9 Å². The van der Waals surface area contributed by atoms with Gasteiger partial charge in [-0.25, -0.2) is 14.4 Å². The smallest absolute Gasteiger partial charge is 0.163 e. The van der Waals surface area contributed by atoms with Crippen LogP contribution in [0.1, 0.15) is 19.7 Å². The van der Waals surface area contributed by atoms with Gasteiger partial charge in [-0.2, -0.15) is 0 Å². The summed E-state index contributed by atoms with van der Waals surface area (Å²) in [5.74, 6) is 0.821. The van der Waals surface area contributed by atoms with Crippen molar-refractivity contribution in [1.82, 2.24) is 9.97 Å². The summed E-state index contributed by atoms with van der Waals surface area (Å²) in [6.45, 7) is 8.23. The molecule has 0 aliphatic carbocycles. The highest BCUT2D eigenvalue weighted by atomic mass is 19.1. The number of nitrogens with one attached hydrogen (secondary N) is 2. The van der Waals surface area contributed by atoms with Gasteiger partial charge in [0.15, 0.2) is 5.82 Å². The zero-order chi connectivity index (χ0) is 23.6. The molecule has 3 rings (SSSR count). The number of benzene rings is 2. The minimum atomic E-state index is -0.303. The fraction of sp³-hybridized carbons (Fsp3) is 0.111. The van der Waals surface area contributed by atoms with Crippen molar-refractivity contribution < 1.29 is 4.39 Å². The zero-order valence-electron chi connectivity index (χ0n) is 18.7. The number of allylic oxidation sites excluding steroid dienone is 5. The highest BCUT2D eigenvalue weighted by molar-refractivity contribution is 6.02. The molecule has 3 aromatic rings. The third kappa shape index (κ3) is 5.95. The Labute approximate surface area is 193 Å². The van der Waals surface area contributed by atoms with E-state index in [2.05, 4.69) is 16.9 Å². The maximum absolute atomic E-state index is 14.0. The molecule has 0 aliphatic heterocycles. The number of fused-ring (bicyclic) bond motifs is 1. The second-order valence-corrected chi connectivity index (χ2v) is 7.22. The van der Waals surface area contributed by atoms with Gasteiger partial charge in [0.2, 0.25) is 0 Å². The lowest BCUT2D eigenvalue weighted by Gasteiger charge is -2.15. The Morgan fingerprint density at radius 1 is 1.18 bits per heavy atom. The van der Waals surface area contributed by atoms with E-state index >= 15 is 0 Å². The Balaban J connectivity index is 2.19. The SMILES string of the molecule is C=C/C(=C\N=CC)c1nc(NC/C(C)=C/C=C\C=N)c2c(-c3cccc(F)c3)cccc2n1. The molecule has 0 bridgehead atoms. The highest BCUT2D eigenvalue weighted by Gasteiger charge is 2.15. The maximum atomic E-state index is 14.0. The number of aromatic nitrogens is 2. The first-order valence-corrected chi connectivity index (χ1v) is 10.5. The summed E-state index contributed by atoms with van der Waals surface area (Å²) in [7, 11) is 0. The van der Waals surface area contributed by atoms with Crippen LogP contribution in [0, 0.1) is 11.2 Å². The fourth-order valence-electron chi connectivity index (χ4n) is 3.25. The van der Waals surface area contributed by atoms with Crippen LogP contribution in [-0.4, -0.2) is 28.9 Å². The molecule has 2 aromatic carbocycles. The normalized spacial score (nSPS) is 12.6. The van der Waals surface area contributed by atoms with Crippen LogP contribution >= 0.6 is 0 Å². The standard InChI is InChI=1S/C27H26FN5/c1-4-20(18-30-5-2)26-32-24-14-9-13-23(21-11-8-12-22(28)16-21)25(24)27(33-26)31-17-19(3)10-6-7-15-29/h4-16,18,29H,1,17H2,2-3H3,(H,31,32,33)/b7-6-,19-10+,20-18+,29-15?,30-5?. The lowest BCUT2D eigenvalue weighted by atomic mass is 10.0. The number of hydrogen-bond acceptors (Lipinski definition) is 5. The second-order valence-electron chi connectivity index (χ2n) is 7.22. The summed E-state index contributed by atoms with van der Waals surface area (Å²) in [5.41, 5.74) is 4.05. The first-order chi connectivity index (χ1) is 16.1. The van der Waals surface area contributed by atoms with Gasteiger partial charge < -0.3 is 10.7 Å². The van der Waals surface area contributed by atoms with Gasteiger partial charge in [-0.1, -0.05) is 54.6 Å². The first kappa shape index (κ1) is 23.5. The molecule has 0 aliphatic rings. The monoisotopic (exact) mass is 439 g/mol. The molecule has 0 spiro atoms. The molecule has 1 heterocycles. The van der Waals surface area contributed by atoms with Crippen LogP contribution in [-0.2, 0) is 0 Å². The Hall–Kier alpha value is -4.19. The summed E-state index contributed by atoms with van der Waals surface area (Å²) >= 11 is 0. The van der Waals surface area contributed by atoms with Crippen molar-refractivity contribution in [3.8, 4) is 11.1 Å². The minimum absolute atomic E-state index is 0.303. The van der Waals surface area contributed by atoms with E-state index in [4.69, 9.17) is 15.4 Å². The maximum Gasteiger partial charge on any atom is 0.163 e. The van der Waals surface area contributed by atoms with Crippen LogP contribution in [0.3, 0.4) is 0 Å². The summed E-state index contributed by atoms with van der Waals surface area (Å²) < 4.78 is 14.0. The molecule has 0 saturated heterocycles. The predicted octanol–water partition coefficient (Wildman–Crippen LogP) is 6.62. The molecular weight excluding hydrogens is 413 g/mol. The minimum Gasteiger partial charge on any atom is -0.366 e. The molecule has 0 atom stereocenters. The Kier molecular flexibility index (Phi) is 8.13. The molecule has 0 radical (unpaired) electrons. The van der Waals surface area contributed by atoms with Crippen molar-refractivity contribution in [2.75, 3.05) is 11.9 Å². The van der Waals surface area contributed by atoms with E-state index in [1.165, 1.54) is 18.3 Å². The number of hydrogen-bond donors (Lipinski definition) is 2. The lowest BCUT2D eigenvalue weighted by Crippen LogP contribution is -2.08. The molecule has 0 fully saturated rings. The summed E-state index contributed by atoms with van der Waals surface area (Å²) in [6, 6.07) is 12.2. The van der Waals surface area contributed by atoms with E-state index in [1.54, 1.807) is 30.6 Å². The van der Waals surface area contributed by atoms with Crippen molar-refractivity contribution in [3.63, 3.8) is 0 Å². The molecule has 5 nitrogen and oxygen atoms in total. The Morgan fingerprint density at radius 3 is 2.73 bits per heavy atom. The fourth-order valence-corrected chi connectivity index (χ4v) is 3.25. The molecule has 33 heavy (non-hydrogen) atoms. The zero-order valence-corrected chi connectivity index (χ0v) is 18.7. The number of halogens is 1. The quantitative estimate of drug-likeness (QED) is 0.291. The van der Waals surface area contributed by atoms with Crippen LogP contribution in [0.25, 0.3) is 27.6 Å². The second kappa shape index (κ2) is 11.4. The third-order valence-electron chi connectivity index (χ3n) is 4.82. The average Bonchev–Trinajstić information content (AvgIpc) is 2.82. The van der Waals surface area contributed by atoms with E-state index in [1.807, 2.05) is 50.3 Å². The topological polar surface area (TPSA) is 74.0 Å². The van der Waals surface area contributed by atoms with Crippen molar-refractivity contribution in [3.05, 3.63) is 96.8 Å². The van der Waals surface area contributed by atoms with E-state index < -0.39 is 0 Å². The van der Waals surface area contributed by atoms with Gasteiger partial charge in [-0.05, 0) is 49.2 Å². The van der Waals surface area contributed by atoms with Gasteiger partial charge in [-0.15, -0.1) is 0 Å². The molecular formula is C27H26FN5. The number of anilines is 1. The third-order valence-corrected chi connectivity index (χ3v) is 4.82. The summed E-state index contributed by atoms with van der Waals surface area (Å²) in [4.78, 5) is 13.7. The summed E-state index contributed by atoms with van der Waals surface area (Å²) in [5, 5.41) is 11.3. The lowest BCUT2D eigenvalue weighted by molar-refractivity contribution is 0.628. The number of nitrogens with zero attached hydrogens (tertiary/aromatic N) is 3. The molecule has 166 valence electrons. The van der Waals surface area contributed by atoms with Crippen LogP contribution in [0.5, 0.6) is 0 Å². The van der Waals surface area contributed by atoms with Crippen LogP contribution in [0.15, 0.2) is 90.1 Å². The molecule has 0 unspecified atom stereocenters. The van der Waals surface area contributed by atoms with Crippen molar-refractivity contribution in [2.45, 2.75) is 13.8 Å². The van der Waals surface area contributed by atoms with Gasteiger partial charge in [0, 0.05) is 30.7 Å². The molecule has 6 heteroatoms. The van der Waals surface area contributed by atoms with E-state index in [0.29, 0.717) is 23.8 Å². The van der Waals surface area contributed by atoms with Gasteiger partial charge in [0.25, 0.3) is 0 Å². The van der Waals surface area contributed by atoms with Gasteiger partial charge >= 0.3 is 0 Å². The largest absolute Gasteiger partial charge is 0.366 e. The number of rotatable bonds is 9. The van der Waals surface area contributed by atoms with Crippen molar-refractivity contribution in [1.29, 1.82) is 5.41 Å². The number of aliphatic imine (C=N–C) groups is 1. The van der Waals surface area contributed by atoms with Gasteiger partial charge in [-0.3, -0.25) is 4.99 Å². The van der Waals surface area contributed by atoms with Crippen LogP contribution < -0.4 is 5.32 Å². The summed E-state index contributed by atoms with van der Waals surface area (Å²) in [6.07, 6.45) is 11.6. The first-order valence-electron chi connectivity index (χ1n) is 10.5. The highest BCUT2D eigenvalue weighted by Crippen LogP contribution is 2.33. The average molecular weight is 440 g/mol. The molecule has 0 amide bonds. The van der Waals surface area contributed by atoms with Crippen LogP contribution in [0.4, 0.5) is 10.2 Å². The van der Waals surface area contributed by atoms with E-state index in [9.17, 15) is 4.39 Å². The Morgan fingerprint density at radius 2 is 2.00 bits per heavy atom. The molecule has 1 aromatic heterocycles. The Bertz CT molecular complexity index is 1280. The van der Waals surface area contributed by atoms with Gasteiger partial charge in [0.1, 0.15) is 11.6 Å². The van der Waals surface area contributed by atoms with Crippen molar-refractivity contribution >= 4 is 34.7 Å². The molecule has 0 saturated carbocycles. The van der Waals surface area contributed by atoms with Crippen molar-refractivity contribution in [2.24, 2.45) is 4.99 Å². The van der Waals surface area contributed by atoms with E-state index in [0.717, 1.165) is 27.6 Å². The predicted molar refractivity (Wildman–Crippen MR) is 137 cm³/mol. The molecule has 2 N–H and O–H groups in total. The van der Waals surface area contributed by atoms with Crippen LogP contribution in [0.2, 0.25) is 0 Å².